The summed E-state index contributed by atoms with van der Waals surface area (Å²) in [4.78, 5) is 3.13. The summed E-state index contributed by atoms with van der Waals surface area (Å²) in [6.07, 6.45) is 2.76. The quantitative estimate of drug-likeness (QED) is 0.711. The van der Waals surface area contributed by atoms with Crippen LogP contribution in [-0.4, -0.2) is 16.0 Å². The van der Waals surface area contributed by atoms with Gasteiger partial charge in [-0.05, 0) is 30.2 Å². The highest BCUT2D eigenvalue weighted by molar-refractivity contribution is 6.18. The van der Waals surface area contributed by atoms with Crippen molar-refractivity contribution >= 4 is 22.5 Å². The van der Waals surface area contributed by atoms with Crippen molar-refractivity contribution in [2.75, 3.05) is 5.88 Å². The summed E-state index contributed by atoms with van der Waals surface area (Å²) in [5.41, 5.74) is 2.19. The lowest BCUT2D eigenvalue weighted by molar-refractivity contribution is 0.476. The summed E-state index contributed by atoms with van der Waals surface area (Å²) in [5.74, 6) is 0.894. The summed E-state index contributed by atoms with van der Waals surface area (Å²) in [6.45, 7) is 0. The molecule has 2 nitrogen and oxygen atoms in total. The van der Waals surface area contributed by atoms with Crippen molar-refractivity contribution in [2.24, 2.45) is 0 Å². The van der Waals surface area contributed by atoms with E-state index in [1.165, 1.54) is 0 Å². The van der Waals surface area contributed by atoms with Crippen LogP contribution in [0.3, 0.4) is 0 Å². The number of H-pyrrole nitrogens is 1. The van der Waals surface area contributed by atoms with Crippen LogP contribution < -0.4 is 0 Å². The number of aryl methyl sites for hydroxylation is 1. The molecule has 2 N–H and O–H groups in total. The normalized spacial score (nSPS) is 10.8. The number of phenols is 1. The number of alkyl halides is 1. The molecule has 1 aromatic heterocycles. The van der Waals surface area contributed by atoms with Crippen molar-refractivity contribution in [1.82, 2.24) is 4.98 Å². The second kappa shape index (κ2) is 3.30. The van der Waals surface area contributed by atoms with Gasteiger partial charge in [0, 0.05) is 23.0 Å². The Morgan fingerprint density at radius 3 is 3.00 bits per heavy atom. The lowest BCUT2D eigenvalue weighted by Crippen LogP contribution is -1.82. The van der Waals surface area contributed by atoms with E-state index >= 15 is 0 Å². The van der Waals surface area contributed by atoms with Gasteiger partial charge in [-0.3, -0.25) is 0 Å². The highest BCUT2D eigenvalue weighted by Gasteiger charge is 2.02. The molecule has 1 heterocycles. The molecule has 0 bridgehead atoms. The van der Waals surface area contributed by atoms with Crippen molar-refractivity contribution in [3.05, 3.63) is 30.0 Å². The minimum absolute atomic E-state index is 0.294. The molecule has 0 amide bonds. The number of hydrogen-bond donors (Lipinski definition) is 2. The van der Waals surface area contributed by atoms with Crippen LogP contribution >= 0.6 is 11.6 Å². The molecule has 68 valence electrons. The number of hydrogen-bond acceptors (Lipinski definition) is 1. The van der Waals surface area contributed by atoms with Crippen molar-refractivity contribution in [3.63, 3.8) is 0 Å². The number of benzene rings is 1. The van der Waals surface area contributed by atoms with Crippen molar-refractivity contribution < 1.29 is 5.11 Å². The molecule has 0 unspecified atom stereocenters. The number of aromatic nitrogens is 1. The van der Waals surface area contributed by atoms with Crippen LogP contribution in [0, 0.1) is 0 Å². The second-order valence-electron chi connectivity index (χ2n) is 2.98. The Kier molecular flexibility index (Phi) is 2.15. The number of halogens is 1. The summed E-state index contributed by atoms with van der Waals surface area (Å²) < 4.78 is 0. The molecule has 0 aliphatic heterocycles. The highest BCUT2D eigenvalue weighted by atomic mass is 35.5. The van der Waals surface area contributed by atoms with Crippen LogP contribution in [0.4, 0.5) is 0 Å². The molecule has 0 aliphatic rings. The van der Waals surface area contributed by atoms with Gasteiger partial charge in [-0.25, -0.2) is 0 Å². The first-order chi connectivity index (χ1) is 6.31. The second-order valence-corrected chi connectivity index (χ2v) is 3.36. The molecule has 0 atom stereocenters. The predicted octanol–water partition coefficient (Wildman–Crippen LogP) is 2.65. The van der Waals surface area contributed by atoms with Gasteiger partial charge in [-0.1, -0.05) is 0 Å². The average Bonchev–Trinajstić information content (AvgIpc) is 2.49. The van der Waals surface area contributed by atoms with E-state index in [1.54, 1.807) is 12.1 Å². The molecule has 1 aromatic carbocycles. The van der Waals surface area contributed by atoms with Gasteiger partial charge in [0.25, 0.3) is 0 Å². The van der Waals surface area contributed by atoms with E-state index in [9.17, 15) is 5.11 Å². The van der Waals surface area contributed by atoms with Gasteiger partial charge < -0.3 is 10.1 Å². The van der Waals surface area contributed by atoms with Gasteiger partial charge in [-0.2, -0.15) is 0 Å². The Morgan fingerprint density at radius 2 is 2.23 bits per heavy atom. The number of aromatic hydroxyl groups is 1. The fourth-order valence-electron chi connectivity index (χ4n) is 1.48. The minimum Gasteiger partial charge on any atom is -0.508 e. The zero-order chi connectivity index (χ0) is 9.26. The smallest absolute Gasteiger partial charge is 0.116 e. The van der Waals surface area contributed by atoms with Crippen LogP contribution in [0.25, 0.3) is 10.9 Å². The number of phenolic OH excluding ortho intramolecular Hbond substituents is 1. The molecule has 0 radical (unpaired) electrons. The molecule has 2 aromatic rings. The summed E-state index contributed by atoms with van der Waals surface area (Å²) in [7, 11) is 0. The van der Waals surface area contributed by atoms with E-state index < -0.39 is 0 Å². The molecule has 3 heteroatoms. The minimum atomic E-state index is 0.294. The lowest BCUT2D eigenvalue weighted by atomic mass is 10.1. The number of rotatable bonds is 2. The molecule has 0 saturated carbocycles. The average molecular weight is 196 g/mol. The molecule has 0 fully saturated rings. The number of nitrogens with one attached hydrogen (secondary N) is 1. The Labute approximate surface area is 81.1 Å². The van der Waals surface area contributed by atoms with Crippen molar-refractivity contribution in [2.45, 2.75) is 6.42 Å². The zero-order valence-electron chi connectivity index (χ0n) is 7.05. The Hall–Kier alpha value is -1.15. The molecular formula is C10H10ClNO. The summed E-state index contributed by atoms with van der Waals surface area (Å²) >= 11 is 5.66. The van der Waals surface area contributed by atoms with E-state index in [1.807, 2.05) is 12.3 Å². The zero-order valence-corrected chi connectivity index (χ0v) is 7.80. The van der Waals surface area contributed by atoms with Gasteiger partial charge in [0.15, 0.2) is 0 Å². The lowest BCUT2D eigenvalue weighted by Gasteiger charge is -1.95. The maximum absolute atomic E-state index is 9.29. The first-order valence-electron chi connectivity index (χ1n) is 4.16. The third kappa shape index (κ3) is 1.49. The first kappa shape index (κ1) is 8.45. The maximum atomic E-state index is 9.29. The van der Waals surface area contributed by atoms with E-state index in [2.05, 4.69) is 4.98 Å². The summed E-state index contributed by atoms with van der Waals surface area (Å²) in [5, 5.41) is 10.4. The third-order valence-corrected chi connectivity index (χ3v) is 2.30. The predicted molar refractivity (Wildman–Crippen MR) is 54.4 cm³/mol. The molecule has 0 aliphatic carbocycles. The highest BCUT2D eigenvalue weighted by Crippen LogP contribution is 2.23. The van der Waals surface area contributed by atoms with Crippen LogP contribution in [-0.2, 0) is 6.42 Å². The molecule has 0 spiro atoms. The Balaban J connectivity index is 2.58. The van der Waals surface area contributed by atoms with Gasteiger partial charge in [0.1, 0.15) is 5.75 Å². The first-order valence-corrected chi connectivity index (χ1v) is 4.69. The van der Waals surface area contributed by atoms with Crippen LogP contribution in [0.15, 0.2) is 24.4 Å². The molecule has 2 rings (SSSR count). The number of fused-ring (bicyclic) bond motifs is 1. The fourth-order valence-corrected chi connectivity index (χ4v) is 1.68. The Morgan fingerprint density at radius 1 is 1.38 bits per heavy atom. The van der Waals surface area contributed by atoms with E-state index in [0.717, 1.165) is 22.9 Å². The van der Waals surface area contributed by atoms with E-state index in [4.69, 9.17) is 11.6 Å². The monoisotopic (exact) mass is 195 g/mol. The van der Waals surface area contributed by atoms with Gasteiger partial charge in [0.05, 0.1) is 0 Å². The van der Waals surface area contributed by atoms with Crippen molar-refractivity contribution in [1.29, 1.82) is 0 Å². The fraction of sp³-hybridized carbons (Fsp3) is 0.200. The maximum Gasteiger partial charge on any atom is 0.116 e. The molecular weight excluding hydrogens is 186 g/mol. The standard InChI is InChI=1S/C10H10ClNO/c11-4-3-7-6-12-10-2-1-8(13)5-9(7)10/h1-2,5-6,12-13H,3-4H2. The Bertz CT molecular complexity index is 422. The van der Waals surface area contributed by atoms with Gasteiger partial charge in [0.2, 0.25) is 0 Å². The molecule has 0 saturated heterocycles. The summed E-state index contributed by atoms with van der Waals surface area (Å²) in [6, 6.07) is 5.29. The van der Waals surface area contributed by atoms with Crippen LogP contribution in [0.1, 0.15) is 5.56 Å². The molecule has 13 heavy (non-hydrogen) atoms. The van der Waals surface area contributed by atoms with Gasteiger partial charge >= 0.3 is 0 Å². The number of aromatic amines is 1. The third-order valence-electron chi connectivity index (χ3n) is 2.11. The van der Waals surface area contributed by atoms with Crippen LogP contribution in [0.5, 0.6) is 5.75 Å². The van der Waals surface area contributed by atoms with E-state index in [-0.39, 0.29) is 0 Å². The van der Waals surface area contributed by atoms with Crippen LogP contribution in [0.2, 0.25) is 0 Å². The SMILES string of the molecule is Oc1ccc2[nH]cc(CCCl)c2c1. The van der Waals surface area contributed by atoms with E-state index in [0.29, 0.717) is 11.6 Å². The topological polar surface area (TPSA) is 36.0 Å². The van der Waals surface area contributed by atoms with Gasteiger partial charge in [-0.15, -0.1) is 11.6 Å². The van der Waals surface area contributed by atoms with Crippen molar-refractivity contribution in [3.8, 4) is 5.75 Å². The largest absolute Gasteiger partial charge is 0.508 e.